The van der Waals surface area contributed by atoms with Gasteiger partial charge in [-0.15, -0.1) is 0 Å². The molecule has 38 heavy (non-hydrogen) atoms. The first-order chi connectivity index (χ1) is 18.3. The molecule has 5 rings (SSSR count). The molecule has 1 unspecified atom stereocenters. The standard InChI is InChI=1S/C36H61NP/c1-7-28-19-18-20-29(8-2)33(28)34-35(3,4)27-36(5,6)37(34)38(30-21-12-9-13-22-30,31-23-14-10-15-24-31)32-25-16-11-17-26-32/h18-20,30-32,34H,7-17,21-27H2,1-6H3/q+1. The van der Waals surface area contributed by atoms with Crippen LogP contribution in [0.1, 0.15) is 167 Å². The lowest BCUT2D eigenvalue weighted by atomic mass is 9.76. The van der Waals surface area contributed by atoms with E-state index in [1.54, 1.807) is 16.7 Å². The van der Waals surface area contributed by atoms with Crippen molar-refractivity contribution < 1.29 is 0 Å². The van der Waals surface area contributed by atoms with Crippen LogP contribution < -0.4 is 0 Å². The predicted octanol–water partition coefficient (Wildman–Crippen LogP) is 11.3. The molecule has 2 heteroatoms. The Morgan fingerprint density at radius 3 is 1.42 bits per heavy atom. The Bertz CT molecular complexity index is 845. The van der Waals surface area contributed by atoms with Crippen molar-refractivity contribution in [3.8, 4) is 0 Å². The highest BCUT2D eigenvalue weighted by Gasteiger charge is 2.70. The maximum Gasteiger partial charge on any atom is 0.0934 e. The lowest BCUT2D eigenvalue weighted by Gasteiger charge is -2.57. The number of hydrogen-bond donors (Lipinski definition) is 0. The molecule has 0 bridgehead atoms. The SMILES string of the molecule is CCc1cccc(CC)c1C1N([P+](C2CCCCC2)(C2CCCCC2)C2CCCCC2)C(C)(C)CC1(C)C. The number of nitrogens with zero attached hydrogens (tertiary/aromatic N) is 1. The Balaban J connectivity index is 1.78. The summed E-state index contributed by atoms with van der Waals surface area (Å²) in [5, 5.41) is 0. The van der Waals surface area contributed by atoms with Gasteiger partial charge >= 0.3 is 0 Å². The van der Waals surface area contributed by atoms with Crippen LogP contribution in [0, 0.1) is 5.41 Å². The molecular weight excluding hydrogens is 477 g/mol. The van der Waals surface area contributed by atoms with Gasteiger partial charge in [0, 0.05) is 0 Å². The van der Waals surface area contributed by atoms with Gasteiger partial charge in [0.05, 0.1) is 36.0 Å². The van der Waals surface area contributed by atoms with Crippen molar-refractivity contribution in [2.24, 2.45) is 5.41 Å². The van der Waals surface area contributed by atoms with E-state index in [0.29, 0.717) is 11.5 Å². The minimum absolute atomic E-state index is 0.278. The van der Waals surface area contributed by atoms with Gasteiger partial charge in [0.15, 0.2) is 0 Å². The zero-order chi connectivity index (χ0) is 27.0. The molecule has 1 aliphatic heterocycles. The summed E-state index contributed by atoms with van der Waals surface area (Å²) in [7, 11) is -1.42. The van der Waals surface area contributed by atoms with Gasteiger partial charge in [-0.2, -0.15) is 4.67 Å². The Kier molecular flexibility index (Phi) is 9.07. The second-order valence-corrected chi connectivity index (χ2v) is 19.3. The lowest BCUT2D eigenvalue weighted by Crippen LogP contribution is -2.51. The molecule has 0 aromatic heterocycles. The minimum Gasteiger partial charge on any atom is -0.166 e. The van der Waals surface area contributed by atoms with E-state index < -0.39 is 7.41 Å². The van der Waals surface area contributed by atoms with E-state index in [2.05, 4.69) is 64.4 Å². The van der Waals surface area contributed by atoms with E-state index in [1.165, 1.54) is 116 Å². The molecule has 3 aliphatic carbocycles. The van der Waals surface area contributed by atoms with Gasteiger partial charge in [0.2, 0.25) is 0 Å². The second kappa shape index (κ2) is 11.8. The molecular formula is C36H61NP+. The molecule has 3 saturated carbocycles. The number of aryl methyl sites for hydroxylation is 2. The van der Waals surface area contributed by atoms with E-state index in [1.807, 2.05) is 0 Å². The predicted molar refractivity (Wildman–Crippen MR) is 170 cm³/mol. The fourth-order valence-corrected chi connectivity index (χ4v) is 19.0. The Morgan fingerprint density at radius 2 is 1.05 bits per heavy atom. The summed E-state index contributed by atoms with van der Waals surface area (Å²) in [5.74, 6) is 0. The van der Waals surface area contributed by atoms with Gasteiger partial charge in [-0.25, -0.2) is 0 Å². The largest absolute Gasteiger partial charge is 0.166 e. The molecule has 1 heterocycles. The van der Waals surface area contributed by atoms with Crippen molar-refractivity contribution in [3.05, 3.63) is 34.9 Å². The average molecular weight is 539 g/mol. The second-order valence-electron chi connectivity index (χ2n) is 15.1. The van der Waals surface area contributed by atoms with Crippen molar-refractivity contribution in [2.75, 3.05) is 0 Å². The van der Waals surface area contributed by atoms with Crippen LogP contribution in [0.3, 0.4) is 0 Å². The number of benzene rings is 1. The van der Waals surface area contributed by atoms with Crippen LogP contribution in [0.5, 0.6) is 0 Å². The van der Waals surface area contributed by atoms with Crippen LogP contribution in [-0.2, 0) is 12.8 Å². The Labute approximate surface area is 237 Å². The third-order valence-electron chi connectivity index (χ3n) is 11.7. The molecule has 4 fully saturated rings. The summed E-state index contributed by atoms with van der Waals surface area (Å²) in [6.07, 6.45) is 26.4. The summed E-state index contributed by atoms with van der Waals surface area (Å²) in [6, 6.07) is 7.94. The topological polar surface area (TPSA) is 3.24 Å². The van der Waals surface area contributed by atoms with Crippen molar-refractivity contribution in [3.63, 3.8) is 0 Å². The molecule has 0 N–H and O–H groups in total. The third-order valence-corrected chi connectivity index (χ3v) is 18.2. The Hall–Kier alpha value is -0.390. The van der Waals surface area contributed by atoms with E-state index in [-0.39, 0.29) is 5.54 Å². The fourth-order valence-electron chi connectivity index (χ4n) is 10.7. The summed E-state index contributed by atoms with van der Waals surface area (Å²) < 4.78 is 3.48. The molecule has 0 radical (unpaired) electrons. The van der Waals surface area contributed by atoms with Crippen LogP contribution in [0.25, 0.3) is 0 Å². The zero-order valence-corrected chi connectivity index (χ0v) is 27.1. The molecule has 0 spiro atoms. The van der Waals surface area contributed by atoms with Crippen LogP contribution >= 0.6 is 7.41 Å². The van der Waals surface area contributed by atoms with Crippen molar-refractivity contribution in [1.29, 1.82) is 0 Å². The first kappa shape index (κ1) is 29.1. The third kappa shape index (κ3) is 5.08. The quantitative estimate of drug-likeness (QED) is 0.312. The highest BCUT2D eigenvalue weighted by Crippen LogP contribution is 2.85. The maximum absolute atomic E-state index is 3.48. The molecule has 1 atom stereocenters. The highest BCUT2D eigenvalue weighted by molar-refractivity contribution is 7.75. The first-order valence-electron chi connectivity index (χ1n) is 17.1. The maximum atomic E-state index is 3.48. The molecule has 1 nitrogen and oxygen atoms in total. The first-order valence-corrected chi connectivity index (χ1v) is 19.0. The fraction of sp³-hybridized carbons (Fsp3) is 0.833. The lowest BCUT2D eigenvalue weighted by molar-refractivity contribution is 0.212. The monoisotopic (exact) mass is 538 g/mol. The summed E-state index contributed by atoms with van der Waals surface area (Å²) in [6.45, 7) is 15.6. The van der Waals surface area contributed by atoms with Crippen LogP contribution in [0.4, 0.5) is 0 Å². The summed E-state index contributed by atoms with van der Waals surface area (Å²) >= 11 is 0. The molecule has 1 saturated heterocycles. The zero-order valence-electron chi connectivity index (χ0n) is 26.2. The molecule has 4 aliphatic rings. The van der Waals surface area contributed by atoms with Gasteiger partial charge in [-0.1, -0.05) is 65.2 Å². The van der Waals surface area contributed by atoms with E-state index in [4.69, 9.17) is 0 Å². The smallest absolute Gasteiger partial charge is 0.0934 e. The van der Waals surface area contributed by atoms with Gasteiger partial charge < -0.3 is 0 Å². The molecule has 1 aromatic carbocycles. The molecule has 0 amide bonds. The van der Waals surface area contributed by atoms with Gasteiger partial charge in [0.1, 0.15) is 0 Å². The summed E-state index contributed by atoms with van der Waals surface area (Å²) in [5.41, 5.74) is 8.66. The average Bonchev–Trinajstić information content (AvgIpc) is 3.13. The molecule has 214 valence electrons. The van der Waals surface area contributed by atoms with Crippen molar-refractivity contribution in [1.82, 2.24) is 4.67 Å². The highest BCUT2D eigenvalue weighted by atomic mass is 31.2. The van der Waals surface area contributed by atoms with E-state index >= 15 is 0 Å². The van der Waals surface area contributed by atoms with Gasteiger partial charge in [0.25, 0.3) is 0 Å². The van der Waals surface area contributed by atoms with Crippen LogP contribution in [-0.4, -0.2) is 27.2 Å². The minimum atomic E-state index is -1.42. The van der Waals surface area contributed by atoms with Crippen molar-refractivity contribution in [2.45, 2.75) is 186 Å². The van der Waals surface area contributed by atoms with E-state index in [0.717, 1.165) is 17.0 Å². The number of hydrogen-bond acceptors (Lipinski definition) is 1. The summed E-state index contributed by atoms with van der Waals surface area (Å²) in [4.78, 5) is 0. The van der Waals surface area contributed by atoms with E-state index in [9.17, 15) is 0 Å². The van der Waals surface area contributed by atoms with Gasteiger partial charge in [-0.05, 0) is 132 Å². The van der Waals surface area contributed by atoms with Crippen molar-refractivity contribution >= 4 is 7.41 Å². The van der Waals surface area contributed by atoms with Crippen LogP contribution in [0.15, 0.2) is 18.2 Å². The normalized spacial score (nSPS) is 28.1. The number of rotatable bonds is 7. The van der Waals surface area contributed by atoms with Gasteiger partial charge in [-0.3, -0.25) is 0 Å². The molecule has 1 aromatic rings. The van der Waals surface area contributed by atoms with Crippen LogP contribution in [0.2, 0.25) is 0 Å². The Morgan fingerprint density at radius 1 is 0.658 bits per heavy atom.